The van der Waals surface area contributed by atoms with Gasteiger partial charge in [-0.1, -0.05) is 13.8 Å². The molecule has 1 aliphatic heterocycles. The smallest absolute Gasteiger partial charge is 0.251 e. The van der Waals surface area contributed by atoms with E-state index < -0.39 is 0 Å². The van der Waals surface area contributed by atoms with Crippen LogP contribution < -0.4 is 5.32 Å². The Labute approximate surface area is 152 Å². The van der Waals surface area contributed by atoms with E-state index in [0.29, 0.717) is 17.8 Å². The molecular weight excluding hydrogens is 332 g/mol. The first kappa shape index (κ1) is 17.0. The summed E-state index contributed by atoms with van der Waals surface area (Å²) in [5.74, 6) is 1.30. The minimum Gasteiger partial charge on any atom is -0.420 e. The van der Waals surface area contributed by atoms with E-state index in [-0.39, 0.29) is 5.92 Å². The number of aryl methyl sites for hydroxylation is 1. The predicted molar refractivity (Wildman–Crippen MR) is 98.0 cm³/mol. The highest BCUT2D eigenvalue weighted by Crippen LogP contribution is 2.35. The average Bonchev–Trinajstić information content (AvgIpc) is 3.30. The van der Waals surface area contributed by atoms with E-state index in [1.807, 2.05) is 24.7 Å². The highest BCUT2D eigenvalue weighted by Gasteiger charge is 2.22. The Balaban J connectivity index is 1.80. The Morgan fingerprint density at radius 3 is 2.73 bits per heavy atom. The molecule has 0 radical (unpaired) electrons. The summed E-state index contributed by atoms with van der Waals surface area (Å²) in [6.45, 7) is 8.43. The third-order valence-electron chi connectivity index (χ3n) is 4.70. The van der Waals surface area contributed by atoms with Crippen molar-refractivity contribution in [3.8, 4) is 11.5 Å². The van der Waals surface area contributed by atoms with Gasteiger partial charge >= 0.3 is 0 Å². The molecule has 138 valence electrons. The summed E-state index contributed by atoms with van der Waals surface area (Å²) in [6, 6.07) is 0.338. The van der Waals surface area contributed by atoms with Crippen molar-refractivity contribution in [1.29, 1.82) is 0 Å². The molecule has 0 bridgehead atoms. The van der Waals surface area contributed by atoms with Gasteiger partial charge in [0.2, 0.25) is 5.89 Å². The van der Waals surface area contributed by atoms with E-state index >= 15 is 0 Å². The van der Waals surface area contributed by atoms with Crippen LogP contribution in [0.25, 0.3) is 22.5 Å². The van der Waals surface area contributed by atoms with Crippen LogP contribution in [0.1, 0.15) is 45.4 Å². The summed E-state index contributed by atoms with van der Waals surface area (Å²) in [6.07, 6.45) is 5.59. The van der Waals surface area contributed by atoms with Crippen molar-refractivity contribution >= 4 is 16.7 Å². The molecule has 0 atom stereocenters. The molecule has 0 amide bonds. The second-order valence-corrected chi connectivity index (χ2v) is 6.88. The molecule has 0 aromatic carbocycles. The van der Waals surface area contributed by atoms with Crippen molar-refractivity contribution in [2.45, 2.75) is 52.1 Å². The molecule has 8 nitrogen and oxygen atoms in total. The molecule has 0 saturated carbocycles. The molecular formula is C18H24N6O2. The van der Waals surface area contributed by atoms with E-state index in [9.17, 15) is 0 Å². The van der Waals surface area contributed by atoms with Gasteiger partial charge in [0.15, 0.2) is 5.65 Å². The first-order valence-electron chi connectivity index (χ1n) is 9.20. The quantitative estimate of drug-likeness (QED) is 0.750. The van der Waals surface area contributed by atoms with Crippen LogP contribution in [0.15, 0.2) is 16.8 Å². The van der Waals surface area contributed by atoms with Crippen LogP contribution >= 0.6 is 0 Å². The number of hydrogen-bond acceptors (Lipinski definition) is 7. The molecule has 0 unspecified atom stereocenters. The summed E-state index contributed by atoms with van der Waals surface area (Å²) in [7, 11) is 0. The summed E-state index contributed by atoms with van der Waals surface area (Å²) in [5.41, 5.74) is 2.63. The maximum absolute atomic E-state index is 5.89. The van der Waals surface area contributed by atoms with Crippen LogP contribution in [0.5, 0.6) is 0 Å². The van der Waals surface area contributed by atoms with Crippen LogP contribution in [0, 0.1) is 0 Å². The minimum absolute atomic E-state index is 0.183. The largest absolute Gasteiger partial charge is 0.420 e. The molecule has 4 heterocycles. The number of nitrogens with zero attached hydrogens (tertiary/aromatic N) is 5. The fourth-order valence-electron chi connectivity index (χ4n) is 3.20. The summed E-state index contributed by atoms with van der Waals surface area (Å²) >= 11 is 0. The van der Waals surface area contributed by atoms with Gasteiger partial charge in [-0.2, -0.15) is 5.10 Å². The van der Waals surface area contributed by atoms with Gasteiger partial charge in [0.25, 0.3) is 5.89 Å². The molecule has 1 N–H and O–H groups in total. The molecule has 1 aliphatic rings. The van der Waals surface area contributed by atoms with Crippen LogP contribution in [0.3, 0.4) is 0 Å². The monoisotopic (exact) mass is 356 g/mol. The van der Waals surface area contributed by atoms with Crippen LogP contribution in [0.2, 0.25) is 0 Å². The molecule has 1 saturated heterocycles. The highest BCUT2D eigenvalue weighted by molar-refractivity contribution is 5.96. The van der Waals surface area contributed by atoms with Crippen molar-refractivity contribution in [2.75, 3.05) is 18.5 Å². The maximum atomic E-state index is 5.89. The number of aromatic nitrogens is 5. The van der Waals surface area contributed by atoms with Crippen molar-refractivity contribution < 1.29 is 9.15 Å². The average molecular weight is 356 g/mol. The standard InChI is InChI=1S/C18H24N6O2/c1-4-24-16-13(10-20-24)15(21-12-5-7-25-8-6-12)14(9-19-16)18-23-22-17(26-18)11(2)3/h9-12H,4-8H2,1-3H3,(H,19,21). The van der Waals surface area contributed by atoms with Gasteiger partial charge in [0, 0.05) is 37.9 Å². The zero-order valence-electron chi connectivity index (χ0n) is 15.4. The molecule has 1 fully saturated rings. The molecule has 0 aliphatic carbocycles. The first-order chi connectivity index (χ1) is 12.7. The van der Waals surface area contributed by atoms with Gasteiger partial charge in [0.1, 0.15) is 0 Å². The number of fused-ring (bicyclic) bond motifs is 1. The number of rotatable bonds is 5. The van der Waals surface area contributed by atoms with Crippen LogP contribution in [-0.4, -0.2) is 44.2 Å². The highest BCUT2D eigenvalue weighted by atomic mass is 16.5. The van der Waals surface area contributed by atoms with Crippen molar-refractivity contribution in [1.82, 2.24) is 25.0 Å². The third kappa shape index (κ3) is 3.05. The molecule has 8 heteroatoms. The maximum Gasteiger partial charge on any atom is 0.251 e. The zero-order valence-corrected chi connectivity index (χ0v) is 15.4. The van der Waals surface area contributed by atoms with Gasteiger partial charge in [-0.25, -0.2) is 9.67 Å². The van der Waals surface area contributed by atoms with Gasteiger partial charge in [-0.05, 0) is 19.8 Å². The number of pyridine rings is 1. The molecule has 0 spiro atoms. The van der Waals surface area contributed by atoms with Crippen molar-refractivity contribution in [3.63, 3.8) is 0 Å². The first-order valence-corrected chi connectivity index (χ1v) is 9.20. The lowest BCUT2D eigenvalue weighted by Gasteiger charge is -2.25. The molecule has 4 rings (SSSR count). The Kier molecular flexibility index (Phi) is 4.58. The Morgan fingerprint density at radius 2 is 2.04 bits per heavy atom. The number of anilines is 1. The van der Waals surface area contributed by atoms with Crippen molar-refractivity contribution in [3.05, 3.63) is 18.3 Å². The zero-order chi connectivity index (χ0) is 18.1. The Hall–Kier alpha value is -2.48. The lowest BCUT2D eigenvalue weighted by Crippen LogP contribution is -2.28. The van der Waals surface area contributed by atoms with E-state index in [1.165, 1.54) is 0 Å². The Morgan fingerprint density at radius 1 is 1.23 bits per heavy atom. The van der Waals surface area contributed by atoms with Gasteiger partial charge in [-0.15, -0.1) is 10.2 Å². The van der Waals surface area contributed by atoms with Crippen molar-refractivity contribution in [2.24, 2.45) is 0 Å². The normalized spacial score (nSPS) is 15.8. The van der Waals surface area contributed by atoms with Gasteiger partial charge in [0.05, 0.1) is 22.8 Å². The predicted octanol–water partition coefficient (Wildman–Crippen LogP) is 3.22. The lowest BCUT2D eigenvalue weighted by atomic mass is 10.1. The Bertz CT molecular complexity index is 894. The van der Waals surface area contributed by atoms with E-state index in [0.717, 1.165) is 54.9 Å². The van der Waals surface area contributed by atoms with Gasteiger partial charge < -0.3 is 14.5 Å². The van der Waals surface area contributed by atoms with Crippen LogP contribution in [-0.2, 0) is 11.3 Å². The molecule has 26 heavy (non-hydrogen) atoms. The SMILES string of the molecule is CCn1ncc2c(NC3CCOCC3)c(-c3nnc(C(C)C)o3)cnc21. The summed E-state index contributed by atoms with van der Waals surface area (Å²) in [5, 5.41) is 17.5. The van der Waals surface area contributed by atoms with Gasteiger partial charge in [-0.3, -0.25) is 0 Å². The molecule has 3 aromatic rings. The molecule has 3 aromatic heterocycles. The fraction of sp³-hybridized carbons (Fsp3) is 0.556. The summed E-state index contributed by atoms with van der Waals surface area (Å²) in [4.78, 5) is 4.60. The number of nitrogens with one attached hydrogen (secondary N) is 1. The number of ether oxygens (including phenoxy) is 1. The van der Waals surface area contributed by atoms with E-state index in [2.05, 4.69) is 32.5 Å². The van der Waals surface area contributed by atoms with E-state index in [1.54, 1.807) is 6.20 Å². The second-order valence-electron chi connectivity index (χ2n) is 6.88. The second kappa shape index (κ2) is 7.03. The summed E-state index contributed by atoms with van der Waals surface area (Å²) < 4.78 is 13.3. The third-order valence-corrected chi connectivity index (χ3v) is 4.70. The van der Waals surface area contributed by atoms with E-state index in [4.69, 9.17) is 9.15 Å². The topological polar surface area (TPSA) is 90.9 Å². The fourth-order valence-corrected chi connectivity index (χ4v) is 3.20. The number of hydrogen-bond donors (Lipinski definition) is 1. The lowest BCUT2D eigenvalue weighted by molar-refractivity contribution is 0.0905. The van der Waals surface area contributed by atoms with Crippen LogP contribution in [0.4, 0.5) is 5.69 Å². The minimum atomic E-state index is 0.183.